The van der Waals surface area contributed by atoms with Gasteiger partial charge in [-0.3, -0.25) is 9.69 Å². The van der Waals surface area contributed by atoms with E-state index in [1.165, 1.54) is 0 Å². The van der Waals surface area contributed by atoms with E-state index in [-0.39, 0.29) is 0 Å². The van der Waals surface area contributed by atoms with Gasteiger partial charge >= 0.3 is 0 Å². The molecule has 0 aliphatic heterocycles. The number of carbonyl (C=O) groups is 1. The first-order valence-electron chi connectivity index (χ1n) is 7.59. The molecule has 1 amide bonds. The lowest BCUT2D eigenvalue weighted by Gasteiger charge is -2.21. The van der Waals surface area contributed by atoms with Crippen LogP contribution in [0.2, 0.25) is 0 Å². The van der Waals surface area contributed by atoms with Crippen LogP contribution >= 0.6 is 0 Å². The Balaban J connectivity index is 2.19. The first-order chi connectivity index (χ1) is 11.1. The van der Waals surface area contributed by atoms with Crippen molar-refractivity contribution in [1.82, 2.24) is 0 Å². The Morgan fingerprint density at radius 2 is 1.52 bits per heavy atom. The molecule has 0 radical (unpaired) electrons. The van der Waals surface area contributed by atoms with Gasteiger partial charge in [0.1, 0.15) is 11.5 Å². The molecule has 0 unspecified atom stereocenters. The molecular formula is C20H19NO2. The van der Waals surface area contributed by atoms with E-state index in [4.69, 9.17) is 4.42 Å². The van der Waals surface area contributed by atoms with Gasteiger partial charge in [-0.05, 0) is 32.4 Å². The summed E-state index contributed by atoms with van der Waals surface area (Å²) in [4.78, 5) is 13.6. The highest BCUT2D eigenvalue weighted by molar-refractivity contribution is 5.95. The lowest BCUT2D eigenvalue weighted by molar-refractivity contribution is -0.106. The third-order valence-corrected chi connectivity index (χ3v) is 4.12. The molecule has 2 aromatic carbocycles. The van der Waals surface area contributed by atoms with Gasteiger partial charge in [-0.2, -0.15) is 0 Å². The Morgan fingerprint density at radius 1 is 0.870 bits per heavy atom. The second-order valence-electron chi connectivity index (χ2n) is 5.55. The standard InChI is InChI=1S/C20H19NO2/c1-14-15(2)23-16(3)20(14)21(13-22)19-12-8-7-11-18(19)17-9-5-4-6-10-17/h4-13H,1-3H3. The molecule has 3 heteroatoms. The fraction of sp³-hybridized carbons (Fsp3) is 0.150. The first-order valence-corrected chi connectivity index (χ1v) is 7.59. The molecule has 0 N–H and O–H groups in total. The number of benzene rings is 2. The number of para-hydroxylation sites is 1. The largest absolute Gasteiger partial charge is 0.464 e. The number of rotatable bonds is 4. The molecule has 1 aromatic heterocycles. The van der Waals surface area contributed by atoms with E-state index in [9.17, 15) is 4.79 Å². The number of aryl methyl sites for hydroxylation is 2. The summed E-state index contributed by atoms with van der Waals surface area (Å²) in [7, 11) is 0. The Hall–Kier alpha value is -2.81. The van der Waals surface area contributed by atoms with Gasteiger partial charge < -0.3 is 4.42 Å². The topological polar surface area (TPSA) is 33.5 Å². The molecule has 0 saturated carbocycles. The lowest BCUT2D eigenvalue weighted by Crippen LogP contribution is -2.16. The minimum atomic E-state index is 0.745. The average Bonchev–Trinajstić information content (AvgIpc) is 2.83. The van der Waals surface area contributed by atoms with Crippen LogP contribution in [0.4, 0.5) is 11.4 Å². The number of amides is 1. The molecular weight excluding hydrogens is 286 g/mol. The SMILES string of the molecule is Cc1oc(C)c(N(C=O)c2ccccc2-c2ccccc2)c1C. The number of furan rings is 1. The summed E-state index contributed by atoms with van der Waals surface area (Å²) in [6, 6.07) is 18.0. The Bertz CT molecular complexity index is 834. The third-order valence-electron chi connectivity index (χ3n) is 4.12. The van der Waals surface area contributed by atoms with Gasteiger partial charge in [-0.25, -0.2) is 0 Å². The van der Waals surface area contributed by atoms with Gasteiger partial charge in [0, 0.05) is 11.1 Å². The van der Waals surface area contributed by atoms with Gasteiger partial charge in [0.2, 0.25) is 6.41 Å². The van der Waals surface area contributed by atoms with Gasteiger partial charge in [0.25, 0.3) is 0 Å². The zero-order valence-corrected chi connectivity index (χ0v) is 13.5. The van der Waals surface area contributed by atoms with Crippen LogP contribution in [0.15, 0.2) is 59.0 Å². The van der Waals surface area contributed by atoms with Crippen molar-refractivity contribution in [1.29, 1.82) is 0 Å². The van der Waals surface area contributed by atoms with E-state index in [0.29, 0.717) is 0 Å². The summed E-state index contributed by atoms with van der Waals surface area (Å²) in [5, 5.41) is 0. The maximum Gasteiger partial charge on any atom is 0.218 e. The van der Waals surface area contributed by atoms with Crippen molar-refractivity contribution in [2.45, 2.75) is 20.8 Å². The number of anilines is 2. The van der Waals surface area contributed by atoms with Gasteiger partial charge in [-0.15, -0.1) is 0 Å². The number of nitrogens with zero attached hydrogens (tertiary/aromatic N) is 1. The Labute approximate surface area is 136 Å². The van der Waals surface area contributed by atoms with Crippen LogP contribution in [0.5, 0.6) is 0 Å². The second-order valence-corrected chi connectivity index (χ2v) is 5.55. The molecule has 0 aliphatic rings. The van der Waals surface area contributed by atoms with Crippen molar-refractivity contribution in [2.75, 3.05) is 4.90 Å². The minimum absolute atomic E-state index is 0.745. The van der Waals surface area contributed by atoms with Crippen LogP contribution in [-0.4, -0.2) is 6.41 Å². The van der Waals surface area contributed by atoms with E-state index < -0.39 is 0 Å². The summed E-state index contributed by atoms with van der Waals surface area (Å²) >= 11 is 0. The summed E-state index contributed by atoms with van der Waals surface area (Å²) in [5.74, 6) is 1.58. The zero-order valence-electron chi connectivity index (χ0n) is 13.5. The van der Waals surface area contributed by atoms with E-state index in [1.807, 2.05) is 75.4 Å². The Kier molecular flexibility index (Phi) is 4.02. The second kappa shape index (κ2) is 6.13. The maximum atomic E-state index is 11.9. The molecule has 3 nitrogen and oxygen atoms in total. The van der Waals surface area contributed by atoms with Crippen molar-refractivity contribution in [3.8, 4) is 11.1 Å². The van der Waals surface area contributed by atoms with Crippen molar-refractivity contribution in [2.24, 2.45) is 0 Å². The molecule has 0 atom stereocenters. The average molecular weight is 305 g/mol. The number of hydrogen-bond donors (Lipinski definition) is 0. The summed E-state index contributed by atoms with van der Waals surface area (Å²) in [6.45, 7) is 5.78. The van der Waals surface area contributed by atoms with Gasteiger partial charge in [-0.1, -0.05) is 48.5 Å². The van der Waals surface area contributed by atoms with Crippen LogP contribution < -0.4 is 4.90 Å². The molecule has 0 saturated heterocycles. The highest BCUT2D eigenvalue weighted by atomic mass is 16.3. The number of carbonyl (C=O) groups excluding carboxylic acids is 1. The maximum absolute atomic E-state index is 11.9. The fourth-order valence-electron chi connectivity index (χ4n) is 2.91. The molecule has 0 spiro atoms. The summed E-state index contributed by atoms with van der Waals surface area (Å²) < 4.78 is 5.69. The highest BCUT2D eigenvalue weighted by Gasteiger charge is 2.21. The van der Waals surface area contributed by atoms with Crippen molar-refractivity contribution >= 4 is 17.8 Å². The lowest BCUT2D eigenvalue weighted by atomic mass is 10.0. The molecule has 0 bridgehead atoms. The number of hydrogen-bond acceptors (Lipinski definition) is 2. The molecule has 0 aliphatic carbocycles. The zero-order chi connectivity index (χ0) is 16.4. The van der Waals surface area contributed by atoms with E-state index >= 15 is 0 Å². The van der Waals surface area contributed by atoms with Crippen LogP contribution in [0.25, 0.3) is 11.1 Å². The molecule has 3 rings (SSSR count). The predicted molar refractivity (Wildman–Crippen MR) is 93.0 cm³/mol. The summed E-state index contributed by atoms with van der Waals surface area (Å²) in [5.41, 5.74) is 4.74. The highest BCUT2D eigenvalue weighted by Crippen LogP contribution is 2.38. The molecule has 23 heavy (non-hydrogen) atoms. The van der Waals surface area contributed by atoms with Crippen molar-refractivity contribution < 1.29 is 9.21 Å². The molecule has 1 heterocycles. The van der Waals surface area contributed by atoms with E-state index in [2.05, 4.69) is 0 Å². The third kappa shape index (κ3) is 2.66. The van der Waals surface area contributed by atoms with Gasteiger partial charge in [0.05, 0.1) is 11.4 Å². The molecule has 116 valence electrons. The van der Waals surface area contributed by atoms with E-state index in [1.54, 1.807) is 4.90 Å². The minimum Gasteiger partial charge on any atom is -0.464 e. The Morgan fingerprint density at radius 3 is 2.13 bits per heavy atom. The van der Waals surface area contributed by atoms with Crippen LogP contribution in [0.1, 0.15) is 17.1 Å². The smallest absolute Gasteiger partial charge is 0.218 e. The normalized spacial score (nSPS) is 10.6. The van der Waals surface area contributed by atoms with Crippen molar-refractivity contribution in [3.63, 3.8) is 0 Å². The fourth-order valence-corrected chi connectivity index (χ4v) is 2.91. The first kappa shape index (κ1) is 15.1. The van der Waals surface area contributed by atoms with Crippen LogP contribution in [0.3, 0.4) is 0 Å². The monoisotopic (exact) mass is 305 g/mol. The molecule has 0 fully saturated rings. The predicted octanol–water partition coefficient (Wildman–Crippen LogP) is 5.17. The van der Waals surface area contributed by atoms with Gasteiger partial charge in [0.15, 0.2) is 0 Å². The summed E-state index contributed by atoms with van der Waals surface area (Å²) in [6.07, 6.45) is 0.853. The van der Waals surface area contributed by atoms with Crippen LogP contribution in [0, 0.1) is 20.8 Å². The quantitative estimate of drug-likeness (QED) is 0.623. The van der Waals surface area contributed by atoms with Crippen LogP contribution in [-0.2, 0) is 4.79 Å². The van der Waals surface area contributed by atoms with Crippen molar-refractivity contribution in [3.05, 3.63) is 71.7 Å². The molecule has 3 aromatic rings. The van der Waals surface area contributed by atoms with E-state index in [0.717, 1.165) is 46.0 Å².